The predicted octanol–water partition coefficient (Wildman–Crippen LogP) is 2.33. The number of fused-ring (bicyclic) bond motifs is 1. The molecule has 0 bridgehead atoms. The van der Waals surface area contributed by atoms with Crippen LogP contribution >= 0.6 is 0 Å². The first-order chi connectivity index (χ1) is 13.5. The van der Waals surface area contributed by atoms with Crippen LogP contribution in [0.25, 0.3) is 0 Å². The number of carbonyl (C=O) groups excluding carboxylic acids is 2. The van der Waals surface area contributed by atoms with Gasteiger partial charge in [0.05, 0.1) is 33.8 Å². The minimum absolute atomic E-state index is 0.0321. The Balaban J connectivity index is 2.00. The van der Waals surface area contributed by atoms with Crippen LogP contribution in [0.15, 0.2) is 36.4 Å². The predicted molar refractivity (Wildman–Crippen MR) is 104 cm³/mol. The van der Waals surface area contributed by atoms with Gasteiger partial charge in [0.15, 0.2) is 11.5 Å². The summed E-state index contributed by atoms with van der Waals surface area (Å²) in [4.78, 5) is 26.6. The lowest BCUT2D eigenvalue weighted by Gasteiger charge is -2.37. The van der Waals surface area contributed by atoms with Crippen molar-refractivity contribution < 1.29 is 23.8 Å². The van der Waals surface area contributed by atoms with Crippen molar-refractivity contribution in [3.8, 4) is 17.2 Å². The highest BCUT2D eigenvalue weighted by atomic mass is 16.5. The zero-order valence-electron chi connectivity index (χ0n) is 16.2. The molecule has 1 aliphatic rings. The fourth-order valence-corrected chi connectivity index (χ4v) is 3.58. The molecule has 1 unspecified atom stereocenters. The van der Waals surface area contributed by atoms with E-state index in [2.05, 4.69) is 0 Å². The summed E-state index contributed by atoms with van der Waals surface area (Å²) in [6.07, 6.45) is 0.678. The molecule has 1 heterocycles. The van der Waals surface area contributed by atoms with Gasteiger partial charge in [-0.25, -0.2) is 0 Å². The Morgan fingerprint density at radius 1 is 1.04 bits per heavy atom. The molecular formula is C21H24N2O5. The van der Waals surface area contributed by atoms with Crippen LogP contribution < -0.4 is 19.9 Å². The summed E-state index contributed by atoms with van der Waals surface area (Å²) in [5.41, 5.74) is 7.89. The number of nitrogens with two attached hydrogens (primary N) is 1. The van der Waals surface area contributed by atoms with Gasteiger partial charge in [-0.3, -0.25) is 9.59 Å². The molecule has 2 N–H and O–H groups in total. The van der Waals surface area contributed by atoms with E-state index in [9.17, 15) is 9.59 Å². The number of methoxy groups -OCH3 is 3. The summed E-state index contributed by atoms with van der Waals surface area (Å²) in [5, 5.41) is 0. The fourth-order valence-electron chi connectivity index (χ4n) is 3.58. The normalized spacial score (nSPS) is 15.5. The minimum Gasteiger partial charge on any atom is -0.497 e. The number of ether oxygens (including phenoxy) is 3. The van der Waals surface area contributed by atoms with Gasteiger partial charge in [-0.05, 0) is 53.9 Å². The van der Waals surface area contributed by atoms with Gasteiger partial charge < -0.3 is 24.8 Å². The molecule has 2 aromatic carbocycles. The molecule has 148 valence electrons. The van der Waals surface area contributed by atoms with E-state index < -0.39 is 11.9 Å². The molecule has 28 heavy (non-hydrogen) atoms. The molecule has 7 heteroatoms. The Labute approximate surface area is 164 Å². The Morgan fingerprint density at radius 3 is 2.25 bits per heavy atom. The van der Waals surface area contributed by atoms with E-state index >= 15 is 0 Å². The number of rotatable bonds is 6. The fraction of sp³-hybridized carbons (Fsp3) is 0.333. The third kappa shape index (κ3) is 3.74. The largest absolute Gasteiger partial charge is 0.497 e. The quantitative estimate of drug-likeness (QED) is 0.825. The van der Waals surface area contributed by atoms with Crippen molar-refractivity contribution in [1.82, 2.24) is 4.90 Å². The van der Waals surface area contributed by atoms with Crippen molar-refractivity contribution in [2.24, 2.45) is 5.73 Å². The molecule has 1 aliphatic heterocycles. The van der Waals surface area contributed by atoms with E-state index in [-0.39, 0.29) is 12.3 Å². The van der Waals surface area contributed by atoms with Crippen molar-refractivity contribution in [3.63, 3.8) is 0 Å². The molecule has 2 amide bonds. The van der Waals surface area contributed by atoms with E-state index in [1.807, 2.05) is 12.1 Å². The molecule has 0 saturated heterocycles. The van der Waals surface area contributed by atoms with Gasteiger partial charge in [0.25, 0.3) is 5.91 Å². The van der Waals surface area contributed by atoms with Crippen LogP contribution in [-0.4, -0.2) is 44.6 Å². The van der Waals surface area contributed by atoms with Crippen LogP contribution in [0.2, 0.25) is 0 Å². The monoisotopic (exact) mass is 384 g/mol. The molecule has 0 saturated carbocycles. The maximum absolute atomic E-state index is 13.2. The van der Waals surface area contributed by atoms with Crippen molar-refractivity contribution in [3.05, 3.63) is 53.1 Å². The summed E-state index contributed by atoms with van der Waals surface area (Å²) in [6.45, 7) is 0.477. The van der Waals surface area contributed by atoms with Crippen LogP contribution in [0.3, 0.4) is 0 Å². The molecule has 1 atom stereocenters. The second kappa shape index (κ2) is 8.21. The van der Waals surface area contributed by atoms with Gasteiger partial charge in [-0.15, -0.1) is 0 Å². The maximum Gasteiger partial charge on any atom is 0.254 e. The number of hydrogen-bond donors (Lipinski definition) is 1. The summed E-state index contributed by atoms with van der Waals surface area (Å²) >= 11 is 0. The summed E-state index contributed by atoms with van der Waals surface area (Å²) in [5.74, 6) is 1.21. The molecule has 0 fully saturated rings. The Bertz CT molecular complexity index is 879. The molecule has 0 radical (unpaired) electrons. The first-order valence-corrected chi connectivity index (χ1v) is 8.96. The van der Waals surface area contributed by atoms with E-state index in [4.69, 9.17) is 19.9 Å². The molecular weight excluding hydrogens is 360 g/mol. The summed E-state index contributed by atoms with van der Waals surface area (Å²) in [6, 6.07) is 10.2. The maximum atomic E-state index is 13.2. The van der Waals surface area contributed by atoms with Crippen LogP contribution in [-0.2, 0) is 11.2 Å². The molecule has 0 aliphatic carbocycles. The first kappa shape index (κ1) is 19.5. The van der Waals surface area contributed by atoms with E-state index in [0.717, 1.165) is 11.1 Å². The van der Waals surface area contributed by atoms with Crippen molar-refractivity contribution >= 4 is 11.8 Å². The van der Waals surface area contributed by atoms with E-state index in [1.54, 1.807) is 50.5 Å². The van der Waals surface area contributed by atoms with Crippen LogP contribution in [0.4, 0.5) is 0 Å². The lowest BCUT2D eigenvalue weighted by atomic mass is 9.89. The van der Waals surface area contributed by atoms with Crippen LogP contribution in [0.1, 0.15) is 33.9 Å². The molecule has 7 nitrogen and oxygen atoms in total. The van der Waals surface area contributed by atoms with Gasteiger partial charge >= 0.3 is 0 Å². The number of nitrogens with zero attached hydrogens (tertiary/aromatic N) is 1. The Hall–Kier alpha value is -3.22. The zero-order chi connectivity index (χ0) is 20.3. The lowest BCUT2D eigenvalue weighted by Crippen LogP contribution is -2.41. The standard InChI is InChI=1S/C21H24N2O5/c1-26-15-6-4-13(5-7-15)21(25)23-9-8-14-10-18(27-2)19(28-3)11-16(14)17(23)12-20(22)24/h4-7,10-11,17H,8-9,12H2,1-3H3,(H2,22,24). The van der Waals surface area contributed by atoms with Gasteiger partial charge in [0, 0.05) is 12.1 Å². The smallest absolute Gasteiger partial charge is 0.254 e. The minimum atomic E-state index is -0.472. The average molecular weight is 384 g/mol. The third-order valence-electron chi connectivity index (χ3n) is 5.00. The number of amides is 2. The number of carbonyl (C=O) groups is 2. The highest BCUT2D eigenvalue weighted by molar-refractivity contribution is 5.95. The first-order valence-electron chi connectivity index (χ1n) is 8.96. The summed E-state index contributed by atoms with van der Waals surface area (Å²) < 4.78 is 15.9. The highest BCUT2D eigenvalue weighted by Crippen LogP contribution is 2.40. The SMILES string of the molecule is COc1ccc(C(=O)N2CCc3cc(OC)c(OC)cc3C2CC(N)=O)cc1. The van der Waals surface area contributed by atoms with Crippen molar-refractivity contribution in [1.29, 1.82) is 0 Å². The number of hydrogen-bond acceptors (Lipinski definition) is 5. The van der Waals surface area contributed by atoms with Gasteiger partial charge in [0.1, 0.15) is 5.75 Å². The summed E-state index contributed by atoms with van der Waals surface area (Å²) in [7, 11) is 4.70. The Morgan fingerprint density at radius 2 is 1.68 bits per heavy atom. The highest BCUT2D eigenvalue weighted by Gasteiger charge is 2.33. The Kier molecular flexibility index (Phi) is 5.73. The zero-order valence-corrected chi connectivity index (χ0v) is 16.2. The average Bonchev–Trinajstić information content (AvgIpc) is 2.72. The third-order valence-corrected chi connectivity index (χ3v) is 5.00. The topological polar surface area (TPSA) is 91.1 Å². The molecule has 2 aromatic rings. The second-order valence-corrected chi connectivity index (χ2v) is 6.57. The molecule has 3 rings (SSSR count). The van der Waals surface area contributed by atoms with Crippen molar-refractivity contribution in [2.45, 2.75) is 18.9 Å². The molecule has 0 aromatic heterocycles. The second-order valence-electron chi connectivity index (χ2n) is 6.57. The van der Waals surface area contributed by atoms with E-state index in [1.165, 1.54) is 0 Å². The van der Waals surface area contributed by atoms with Crippen LogP contribution in [0, 0.1) is 0 Å². The number of primary amides is 1. The van der Waals surface area contributed by atoms with Gasteiger partial charge in [0.2, 0.25) is 5.91 Å². The number of benzene rings is 2. The van der Waals surface area contributed by atoms with Gasteiger partial charge in [-0.2, -0.15) is 0 Å². The van der Waals surface area contributed by atoms with Crippen molar-refractivity contribution in [2.75, 3.05) is 27.9 Å². The van der Waals surface area contributed by atoms with Gasteiger partial charge in [-0.1, -0.05) is 0 Å². The van der Waals surface area contributed by atoms with E-state index in [0.29, 0.717) is 35.8 Å². The van der Waals surface area contributed by atoms with Crippen LogP contribution in [0.5, 0.6) is 17.2 Å². The lowest BCUT2D eigenvalue weighted by molar-refractivity contribution is -0.119. The molecule has 0 spiro atoms.